The molecule has 1 aliphatic rings. The Labute approximate surface area is 168 Å². The number of aromatic nitrogens is 3. The molecule has 0 spiro atoms. The van der Waals surface area contributed by atoms with Crippen molar-refractivity contribution in [1.29, 1.82) is 0 Å². The summed E-state index contributed by atoms with van der Waals surface area (Å²) in [5.74, 6) is 2.31. The third-order valence-electron chi connectivity index (χ3n) is 5.29. The number of benzene rings is 1. The van der Waals surface area contributed by atoms with Gasteiger partial charge >= 0.3 is 0 Å². The van der Waals surface area contributed by atoms with E-state index in [1.807, 2.05) is 25.1 Å². The van der Waals surface area contributed by atoms with Crippen LogP contribution in [0.1, 0.15) is 48.5 Å². The topological polar surface area (TPSA) is 72.1 Å². The largest absolute Gasteiger partial charge is 0.493 e. The lowest BCUT2D eigenvalue weighted by atomic mass is 10.00. The number of fused-ring (bicyclic) bond motifs is 1. The molecule has 4 rings (SSSR count). The molecular formula is C20H26N4O3S. The molecule has 2 aromatic heterocycles. The lowest BCUT2D eigenvalue weighted by Gasteiger charge is -2.34. The summed E-state index contributed by atoms with van der Waals surface area (Å²) >= 11 is 1.51. The van der Waals surface area contributed by atoms with E-state index in [9.17, 15) is 5.11 Å². The van der Waals surface area contributed by atoms with Gasteiger partial charge in [0.2, 0.25) is 10.8 Å². The zero-order chi connectivity index (χ0) is 19.7. The van der Waals surface area contributed by atoms with Gasteiger partial charge in [-0.2, -0.15) is 4.52 Å². The van der Waals surface area contributed by atoms with Gasteiger partial charge in [0.1, 0.15) is 0 Å². The van der Waals surface area contributed by atoms with Gasteiger partial charge in [0.15, 0.2) is 17.3 Å². The number of likely N-dealkylation sites (tertiary alicyclic amines) is 1. The van der Waals surface area contributed by atoms with Gasteiger partial charge in [0.05, 0.1) is 25.1 Å². The molecular weight excluding hydrogens is 376 g/mol. The first-order valence-corrected chi connectivity index (χ1v) is 10.5. The van der Waals surface area contributed by atoms with E-state index in [2.05, 4.69) is 15.0 Å². The van der Waals surface area contributed by atoms with E-state index in [-0.39, 0.29) is 11.9 Å². The Morgan fingerprint density at radius 2 is 1.89 bits per heavy atom. The fourth-order valence-electron chi connectivity index (χ4n) is 3.85. The van der Waals surface area contributed by atoms with Crippen molar-refractivity contribution in [3.63, 3.8) is 0 Å². The van der Waals surface area contributed by atoms with Crippen molar-refractivity contribution in [3.8, 4) is 17.4 Å². The lowest BCUT2D eigenvalue weighted by molar-refractivity contribution is 0.186. The molecule has 0 radical (unpaired) electrons. The molecule has 3 aromatic rings. The van der Waals surface area contributed by atoms with Gasteiger partial charge < -0.3 is 14.6 Å². The van der Waals surface area contributed by atoms with Crippen molar-refractivity contribution in [3.05, 3.63) is 34.5 Å². The Kier molecular flexibility index (Phi) is 5.41. The second-order valence-electron chi connectivity index (χ2n) is 6.98. The van der Waals surface area contributed by atoms with E-state index in [1.54, 1.807) is 18.7 Å². The van der Waals surface area contributed by atoms with Gasteiger partial charge in [-0.25, -0.2) is 4.98 Å². The Bertz CT molecular complexity index is 962. The summed E-state index contributed by atoms with van der Waals surface area (Å²) in [5, 5.41) is 15.4. The summed E-state index contributed by atoms with van der Waals surface area (Å²) in [4.78, 5) is 8.57. The minimum atomic E-state index is -0.0707. The molecule has 1 aromatic carbocycles. The van der Waals surface area contributed by atoms with Gasteiger partial charge in [-0.05, 0) is 43.6 Å². The van der Waals surface area contributed by atoms with E-state index in [0.717, 1.165) is 53.6 Å². The zero-order valence-electron chi connectivity index (χ0n) is 16.5. The van der Waals surface area contributed by atoms with E-state index in [1.165, 1.54) is 17.8 Å². The monoisotopic (exact) mass is 402 g/mol. The standard InChI is InChI=1S/C20H26N4O3S/c1-4-16-21-20-24(22-16)19(25)18(28-20)17(23-10-6-5-7-11-23)13-8-9-14(26-2)15(12-13)27-3/h8-9,12,17,25H,4-7,10-11H2,1-3H3/t17-/m1/s1. The van der Waals surface area contributed by atoms with Crippen molar-refractivity contribution in [1.82, 2.24) is 19.5 Å². The van der Waals surface area contributed by atoms with Crippen LogP contribution >= 0.6 is 11.3 Å². The van der Waals surface area contributed by atoms with Crippen LogP contribution in [-0.2, 0) is 6.42 Å². The predicted octanol–water partition coefficient (Wildman–Crippen LogP) is 3.65. The molecule has 0 saturated carbocycles. The molecule has 1 fully saturated rings. The van der Waals surface area contributed by atoms with Crippen LogP contribution in [0, 0.1) is 0 Å². The van der Waals surface area contributed by atoms with Crippen molar-refractivity contribution in [2.24, 2.45) is 0 Å². The average Bonchev–Trinajstić information content (AvgIpc) is 3.28. The molecule has 28 heavy (non-hydrogen) atoms. The highest BCUT2D eigenvalue weighted by atomic mass is 32.1. The maximum atomic E-state index is 11.0. The molecule has 0 aliphatic carbocycles. The molecule has 1 aliphatic heterocycles. The van der Waals surface area contributed by atoms with E-state index in [4.69, 9.17) is 9.47 Å². The average molecular weight is 403 g/mol. The van der Waals surface area contributed by atoms with Gasteiger partial charge in [-0.15, -0.1) is 5.10 Å². The third kappa shape index (κ3) is 3.31. The number of piperidine rings is 1. The molecule has 8 heteroatoms. The van der Waals surface area contributed by atoms with Crippen molar-refractivity contribution in [2.75, 3.05) is 27.3 Å². The van der Waals surface area contributed by atoms with Gasteiger partial charge in [0, 0.05) is 6.42 Å². The minimum Gasteiger partial charge on any atom is -0.493 e. The highest BCUT2D eigenvalue weighted by Crippen LogP contribution is 2.42. The summed E-state index contributed by atoms with van der Waals surface area (Å²) in [5.41, 5.74) is 1.06. The number of rotatable bonds is 6. The van der Waals surface area contributed by atoms with Gasteiger partial charge in [0.25, 0.3) is 0 Å². The Morgan fingerprint density at radius 3 is 2.54 bits per heavy atom. The third-order valence-corrected chi connectivity index (χ3v) is 6.36. The molecule has 150 valence electrons. The summed E-state index contributed by atoms with van der Waals surface area (Å²) in [6, 6.07) is 5.91. The molecule has 1 N–H and O–H groups in total. The molecule has 1 atom stereocenters. The van der Waals surface area contributed by atoms with Crippen molar-refractivity contribution in [2.45, 2.75) is 38.6 Å². The Balaban J connectivity index is 1.82. The van der Waals surface area contributed by atoms with Crippen LogP contribution in [0.25, 0.3) is 4.96 Å². The quantitative estimate of drug-likeness (QED) is 0.679. The SMILES string of the molecule is CCc1nc2sc([C@@H](c3ccc(OC)c(OC)c3)N3CCCCC3)c(O)n2n1. The fraction of sp³-hybridized carbons (Fsp3) is 0.500. The van der Waals surface area contributed by atoms with E-state index >= 15 is 0 Å². The number of hydrogen-bond acceptors (Lipinski definition) is 7. The summed E-state index contributed by atoms with van der Waals surface area (Å²) in [6.45, 7) is 4.00. The van der Waals surface area contributed by atoms with E-state index in [0.29, 0.717) is 11.5 Å². The van der Waals surface area contributed by atoms with Crippen LogP contribution in [0.3, 0.4) is 0 Å². The summed E-state index contributed by atoms with van der Waals surface area (Å²) in [6.07, 6.45) is 4.31. The first-order valence-electron chi connectivity index (χ1n) is 9.69. The Hall–Kier alpha value is -2.32. The molecule has 3 heterocycles. The van der Waals surface area contributed by atoms with Crippen LogP contribution in [-0.4, -0.2) is 51.9 Å². The molecule has 7 nitrogen and oxygen atoms in total. The number of aromatic hydroxyl groups is 1. The molecule has 0 bridgehead atoms. The van der Waals surface area contributed by atoms with Gasteiger partial charge in [-0.1, -0.05) is 30.7 Å². The second-order valence-corrected chi connectivity index (χ2v) is 7.99. The molecule has 1 saturated heterocycles. The molecule has 0 amide bonds. The van der Waals surface area contributed by atoms with Gasteiger partial charge in [-0.3, -0.25) is 4.90 Å². The summed E-state index contributed by atoms with van der Waals surface area (Å²) < 4.78 is 12.5. The van der Waals surface area contributed by atoms with Crippen molar-refractivity contribution < 1.29 is 14.6 Å². The number of thiazole rings is 1. The smallest absolute Gasteiger partial charge is 0.230 e. The first kappa shape index (κ1) is 19.0. The highest BCUT2D eigenvalue weighted by Gasteiger charge is 2.31. The van der Waals surface area contributed by atoms with Crippen LogP contribution in [0.5, 0.6) is 17.4 Å². The normalized spacial score (nSPS) is 16.4. The zero-order valence-corrected chi connectivity index (χ0v) is 17.3. The minimum absolute atomic E-state index is 0.0707. The summed E-state index contributed by atoms with van der Waals surface area (Å²) in [7, 11) is 3.28. The fourth-order valence-corrected chi connectivity index (χ4v) is 4.98. The van der Waals surface area contributed by atoms with Crippen LogP contribution in [0.4, 0.5) is 0 Å². The lowest BCUT2D eigenvalue weighted by Crippen LogP contribution is -2.34. The number of aryl methyl sites for hydroxylation is 1. The second kappa shape index (κ2) is 7.97. The molecule has 0 unspecified atom stereocenters. The number of hydrogen-bond donors (Lipinski definition) is 1. The number of nitrogens with zero attached hydrogens (tertiary/aromatic N) is 4. The van der Waals surface area contributed by atoms with Crippen LogP contribution < -0.4 is 9.47 Å². The first-order chi connectivity index (χ1) is 13.7. The maximum absolute atomic E-state index is 11.0. The Morgan fingerprint density at radius 1 is 1.14 bits per heavy atom. The van der Waals surface area contributed by atoms with Crippen LogP contribution in [0.15, 0.2) is 18.2 Å². The van der Waals surface area contributed by atoms with E-state index < -0.39 is 0 Å². The van der Waals surface area contributed by atoms with Crippen molar-refractivity contribution >= 4 is 16.3 Å². The number of methoxy groups -OCH3 is 2. The van der Waals surface area contributed by atoms with Crippen LogP contribution in [0.2, 0.25) is 0 Å². The maximum Gasteiger partial charge on any atom is 0.230 e. The number of ether oxygens (including phenoxy) is 2. The predicted molar refractivity (Wildman–Crippen MR) is 109 cm³/mol. The highest BCUT2D eigenvalue weighted by molar-refractivity contribution is 7.17.